The molecule has 0 amide bonds. The third-order valence-electron chi connectivity index (χ3n) is 1.61. The van der Waals surface area contributed by atoms with Crippen LogP contribution >= 0.6 is 27.5 Å². The minimum absolute atomic E-state index is 0.0836. The Labute approximate surface area is 91.2 Å². The Morgan fingerprint density at radius 2 is 2.31 bits per heavy atom. The van der Waals surface area contributed by atoms with Gasteiger partial charge in [0.25, 0.3) is 0 Å². The van der Waals surface area contributed by atoms with Gasteiger partial charge in [0.1, 0.15) is 0 Å². The zero-order chi connectivity index (χ0) is 9.84. The van der Waals surface area contributed by atoms with Gasteiger partial charge in [-0.1, -0.05) is 23.7 Å². The van der Waals surface area contributed by atoms with Crippen LogP contribution in [0.3, 0.4) is 0 Å². The first-order chi connectivity index (χ1) is 6.13. The van der Waals surface area contributed by atoms with Gasteiger partial charge >= 0.3 is 0 Å². The maximum atomic E-state index is 8.81. The van der Waals surface area contributed by atoms with Crippen LogP contribution in [0.1, 0.15) is 12.5 Å². The molecule has 0 fully saturated rings. The van der Waals surface area contributed by atoms with Crippen molar-refractivity contribution in [1.82, 2.24) is 0 Å². The van der Waals surface area contributed by atoms with Crippen LogP contribution in [0.5, 0.6) is 0 Å². The van der Waals surface area contributed by atoms with Gasteiger partial charge in [0.2, 0.25) is 0 Å². The van der Waals surface area contributed by atoms with Crippen LogP contribution in [-0.4, -0.2) is 11.7 Å². The van der Waals surface area contributed by atoms with Crippen LogP contribution in [0, 0.1) is 0 Å². The van der Waals surface area contributed by atoms with E-state index in [2.05, 4.69) is 15.9 Å². The Morgan fingerprint density at radius 3 is 2.85 bits per heavy atom. The van der Waals surface area contributed by atoms with E-state index in [4.69, 9.17) is 16.7 Å². The summed E-state index contributed by atoms with van der Waals surface area (Å²) in [5, 5.41) is 9.51. The molecule has 0 aliphatic heterocycles. The quantitative estimate of drug-likeness (QED) is 0.864. The van der Waals surface area contributed by atoms with Crippen molar-refractivity contribution in [3.63, 3.8) is 0 Å². The summed E-state index contributed by atoms with van der Waals surface area (Å²) < 4.78 is 0.869. The second-order valence-electron chi connectivity index (χ2n) is 2.82. The molecule has 0 saturated heterocycles. The molecule has 0 aliphatic rings. The van der Waals surface area contributed by atoms with E-state index in [0.717, 1.165) is 15.6 Å². The van der Waals surface area contributed by atoms with Crippen LogP contribution in [0.25, 0.3) is 6.08 Å². The highest BCUT2D eigenvalue weighted by Gasteiger charge is 1.96. The molecule has 0 aliphatic carbocycles. The second kappa shape index (κ2) is 4.80. The van der Waals surface area contributed by atoms with E-state index < -0.39 is 0 Å². The largest absolute Gasteiger partial charge is 0.392 e. The van der Waals surface area contributed by atoms with Crippen molar-refractivity contribution < 1.29 is 5.11 Å². The number of halogens is 2. The summed E-state index contributed by atoms with van der Waals surface area (Å²) in [6.07, 6.45) is 1.92. The highest BCUT2D eigenvalue weighted by atomic mass is 79.9. The van der Waals surface area contributed by atoms with Gasteiger partial charge in [0, 0.05) is 4.47 Å². The van der Waals surface area contributed by atoms with Crippen molar-refractivity contribution >= 4 is 33.6 Å². The summed E-state index contributed by atoms with van der Waals surface area (Å²) >= 11 is 9.17. The Balaban J connectivity index is 2.98. The van der Waals surface area contributed by atoms with Gasteiger partial charge in [-0.25, -0.2) is 0 Å². The first-order valence-electron chi connectivity index (χ1n) is 3.86. The van der Waals surface area contributed by atoms with Crippen molar-refractivity contribution in [2.24, 2.45) is 0 Å². The molecule has 3 heteroatoms. The molecule has 0 radical (unpaired) electrons. The van der Waals surface area contributed by atoms with Crippen LogP contribution in [0.15, 0.2) is 28.2 Å². The molecule has 70 valence electrons. The Morgan fingerprint density at radius 1 is 1.62 bits per heavy atom. The maximum Gasteiger partial charge on any atom is 0.0642 e. The van der Waals surface area contributed by atoms with Gasteiger partial charge in [0.15, 0.2) is 0 Å². The molecule has 0 atom stereocenters. The minimum Gasteiger partial charge on any atom is -0.392 e. The molecule has 0 unspecified atom stereocenters. The molecular formula is C10H10BrClO. The predicted molar refractivity (Wildman–Crippen MR) is 59.9 cm³/mol. The normalized spacial score (nSPS) is 11.8. The molecule has 13 heavy (non-hydrogen) atoms. The van der Waals surface area contributed by atoms with Crippen LogP contribution in [-0.2, 0) is 0 Å². The molecule has 0 saturated carbocycles. The lowest BCUT2D eigenvalue weighted by molar-refractivity contribution is 0.332. The van der Waals surface area contributed by atoms with Crippen LogP contribution in [0.2, 0.25) is 5.02 Å². The predicted octanol–water partition coefficient (Wildman–Crippen LogP) is 3.50. The standard InChI is InChI=1S/C10H10BrClO/c1-7(6-13)4-8-2-3-10(12)9(11)5-8/h2-5,13H,6H2,1H3/b7-4-. The summed E-state index contributed by atoms with van der Waals surface area (Å²) in [6.45, 7) is 1.96. The first kappa shape index (κ1) is 10.8. The van der Waals surface area contributed by atoms with Crippen molar-refractivity contribution in [3.8, 4) is 0 Å². The SMILES string of the molecule is C/C(=C/c1ccc(Cl)c(Br)c1)CO. The Kier molecular flexibility index (Phi) is 3.97. The first-order valence-corrected chi connectivity index (χ1v) is 5.03. The van der Waals surface area contributed by atoms with E-state index >= 15 is 0 Å². The average Bonchev–Trinajstić information content (AvgIpc) is 2.11. The lowest BCUT2D eigenvalue weighted by atomic mass is 10.1. The number of rotatable bonds is 2. The van der Waals surface area contributed by atoms with E-state index in [-0.39, 0.29) is 6.61 Å². The zero-order valence-electron chi connectivity index (χ0n) is 7.22. The van der Waals surface area contributed by atoms with Crippen molar-refractivity contribution in [1.29, 1.82) is 0 Å². The maximum absolute atomic E-state index is 8.81. The Hall–Kier alpha value is -0.310. The fourth-order valence-electron chi connectivity index (χ4n) is 0.932. The summed E-state index contributed by atoms with van der Waals surface area (Å²) in [5.41, 5.74) is 1.96. The lowest BCUT2D eigenvalue weighted by Crippen LogP contribution is -1.83. The third kappa shape index (κ3) is 3.14. The number of hydrogen-bond acceptors (Lipinski definition) is 1. The van der Waals surface area contributed by atoms with E-state index in [9.17, 15) is 0 Å². The number of aliphatic hydroxyl groups excluding tert-OH is 1. The average molecular weight is 262 g/mol. The summed E-state index contributed by atoms with van der Waals surface area (Å²) in [5.74, 6) is 0. The highest BCUT2D eigenvalue weighted by Crippen LogP contribution is 2.24. The molecule has 1 nitrogen and oxygen atoms in total. The van der Waals surface area contributed by atoms with Gasteiger partial charge in [-0.2, -0.15) is 0 Å². The van der Waals surface area contributed by atoms with Crippen LogP contribution < -0.4 is 0 Å². The molecule has 0 bridgehead atoms. The zero-order valence-corrected chi connectivity index (χ0v) is 9.56. The van der Waals surface area contributed by atoms with Gasteiger partial charge in [-0.05, 0) is 46.1 Å². The van der Waals surface area contributed by atoms with Crippen molar-refractivity contribution in [3.05, 3.63) is 38.8 Å². The fraction of sp³-hybridized carbons (Fsp3) is 0.200. The van der Waals surface area contributed by atoms with E-state index in [1.54, 1.807) is 0 Å². The summed E-state index contributed by atoms with van der Waals surface area (Å²) in [7, 11) is 0. The smallest absolute Gasteiger partial charge is 0.0642 e. The summed E-state index contributed by atoms with van der Waals surface area (Å²) in [6, 6.07) is 5.65. The number of hydrogen-bond donors (Lipinski definition) is 1. The molecule has 0 aromatic heterocycles. The van der Waals surface area contributed by atoms with E-state index in [0.29, 0.717) is 5.02 Å². The van der Waals surface area contributed by atoms with Gasteiger partial charge in [0.05, 0.1) is 11.6 Å². The Bertz CT molecular complexity index is 334. The molecule has 1 aromatic carbocycles. The lowest BCUT2D eigenvalue weighted by Gasteiger charge is -1.99. The van der Waals surface area contributed by atoms with Gasteiger partial charge in [-0.3, -0.25) is 0 Å². The van der Waals surface area contributed by atoms with Crippen molar-refractivity contribution in [2.75, 3.05) is 6.61 Å². The van der Waals surface area contributed by atoms with Crippen LogP contribution in [0.4, 0.5) is 0 Å². The number of aliphatic hydroxyl groups is 1. The molecule has 0 spiro atoms. The minimum atomic E-state index is 0.0836. The monoisotopic (exact) mass is 260 g/mol. The van der Waals surface area contributed by atoms with Gasteiger partial charge in [-0.15, -0.1) is 0 Å². The van der Waals surface area contributed by atoms with Crippen molar-refractivity contribution in [2.45, 2.75) is 6.92 Å². The number of benzene rings is 1. The molecular weight excluding hydrogens is 251 g/mol. The highest BCUT2D eigenvalue weighted by molar-refractivity contribution is 9.10. The van der Waals surface area contributed by atoms with Gasteiger partial charge < -0.3 is 5.11 Å². The fourth-order valence-corrected chi connectivity index (χ4v) is 1.45. The molecule has 1 aromatic rings. The third-order valence-corrected chi connectivity index (χ3v) is 2.82. The molecule has 0 heterocycles. The topological polar surface area (TPSA) is 20.2 Å². The molecule has 1 N–H and O–H groups in total. The second-order valence-corrected chi connectivity index (χ2v) is 4.08. The van der Waals surface area contributed by atoms with E-state index in [1.807, 2.05) is 31.2 Å². The summed E-state index contributed by atoms with van der Waals surface area (Å²) in [4.78, 5) is 0. The molecule has 1 rings (SSSR count). The van der Waals surface area contributed by atoms with E-state index in [1.165, 1.54) is 0 Å².